The van der Waals surface area contributed by atoms with Gasteiger partial charge in [-0.15, -0.1) is 0 Å². The van der Waals surface area contributed by atoms with Gasteiger partial charge < -0.3 is 24.4 Å². The zero-order chi connectivity index (χ0) is 25.0. The molecular formula is C23H16F3N3O5S. The van der Waals surface area contributed by atoms with Gasteiger partial charge in [-0.1, -0.05) is 12.1 Å². The fraction of sp³-hybridized carbons (Fsp3) is 0.174. The summed E-state index contributed by atoms with van der Waals surface area (Å²) >= 11 is -1.52. The maximum Gasteiger partial charge on any atom is 0.279 e. The fourth-order valence-corrected chi connectivity index (χ4v) is 5.71. The van der Waals surface area contributed by atoms with Crippen LogP contribution in [0.2, 0.25) is 0 Å². The lowest BCUT2D eigenvalue weighted by atomic mass is 10.1. The number of aromatic nitrogens is 1. The Bertz CT molecular complexity index is 1440. The summed E-state index contributed by atoms with van der Waals surface area (Å²) < 4.78 is 55.1. The molecule has 0 fully saturated rings. The SMILES string of the molecule is O=C(NCc1c(F)cc(F)cc1F)c1cn2c(c(O)c1=O)C(=O)N1C[C@@H]2C[S+]([O-])c2ccccc21. The number of carbonyl (C=O) groups excluding carboxylic acids is 2. The lowest BCUT2D eigenvalue weighted by Gasteiger charge is -2.33. The average molecular weight is 503 g/mol. The van der Waals surface area contributed by atoms with Crippen molar-refractivity contribution >= 4 is 28.7 Å². The number of halogens is 3. The molecule has 0 aliphatic carbocycles. The summed E-state index contributed by atoms with van der Waals surface area (Å²) in [6.45, 7) is -0.613. The highest BCUT2D eigenvalue weighted by Gasteiger charge is 2.42. The monoisotopic (exact) mass is 503 g/mol. The summed E-state index contributed by atoms with van der Waals surface area (Å²) in [4.78, 5) is 40.5. The Labute approximate surface area is 198 Å². The van der Waals surface area contributed by atoms with Gasteiger partial charge in [0, 0.05) is 30.4 Å². The molecule has 0 radical (unpaired) electrons. The van der Waals surface area contributed by atoms with Crippen LogP contribution in [-0.2, 0) is 17.7 Å². The zero-order valence-corrected chi connectivity index (χ0v) is 18.6. The van der Waals surface area contributed by atoms with Crippen LogP contribution in [-0.4, -0.2) is 38.3 Å². The molecule has 3 aromatic rings. The number of hydrogen-bond acceptors (Lipinski definition) is 5. The van der Waals surface area contributed by atoms with Crippen molar-refractivity contribution in [3.05, 3.63) is 87.1 Å². The van der Waals surface area contributed by atoms with E-state index in [0.29, 0.717) is 22.7 Å². The van der Waals surface area contributed by atoms with Crippen molar-refractivity contribution in [2.45, 2.75) is 17.5 Å². The molecule has 0 saturated heterocycles. The van der Waals surface area contributed by atoms with Crippen LogP contribution >= 0.6 is 0 Å². The summed E-state index contributed by atoms with van der Waals surface area (Å²) in [5.41, 5.74) is -2.31. The molecule has 2 bridgehead atoms. The minimum absolute atomic E-state index is 0.0448. The minimum atomic E-state index is -1.52. The molecule has 2 atom stereocenters. The maximum absolute atomic E-state index is 13.9. The van der Waals surface area contributed by atoms with Crippen molar-refractivity contribution < 1.29 is 32.4 Å². The Morgan fingerprint density at radius 2 is 1.86 bits per heavy atom. The van der Waals surface area contributed by atoms with Gasteiger partial charge in [0.05, 0.1) is 18.3 Å². The average Bonchev–Trinajstić information content (AvgIpc) is 2.94. The van der Waals surface area contributed by atoms with Gasteiger partial charge in [0.2, 0.25) is 5.43 Å². The molecule has 35 heavy (non-hydrogen) atoms. The van der Waals surface area contributed by atoms with Crippen LogP contribution in [0, 0.1) is 17.5 Å². The minimum Gasteiger partial charge on any atom is -0.611 e. The van der Waals surface area contributed by atoms with Gasteiger partial charge >= 0.3 is 0 Å². The van der Waals surface area contributed by atoms with Crippen molar-refractivity contribution in [3.63, 3.8) is 0 Å². The van der Waals surface area contributed by atoms with Crippen LogP contribution in [0.1, 0.15) is 32.5 Å². The summed E-state index contributed by atoms with van der Waals surface area (Å²) in [6, 6.07) is 6.86. The Morgan fingerprint density at radius 1 is 1.17 bits per heavy atom. The number of pyridine rings is 1. The first-order valence-corrected chi connectivity index (χ1v) is 11.7. The van der Waals surface area contributed by atoms with E-state index in [-0.39, 0.29) is 18.0 Å². The molecule has 2 N–H and O–H groups in total. The maximum atomic E-state index is 13.9. The number of carbonyl (C=O) groups is 2. The van der Waals surface area contributed by atoms with Gasteiger partial charge in [0.25, 0.3) is 11.8 Å². The first-order valence-electron chi connectivity index (χ1n) is 10.4. The number of anilines is 1. The van der Waals surface area contributed by atoms with E-state index < -0.39 is 75.3 Å². The van der Waals surface area contributed by atoms with Crippen LogP contribution in [0.15, 0.2) is 52.3 Å². The summed E-state index contributed by atoms with van der Waals surface area (Å²) in [5, 5.41) is 12.8. The van der Waals surface area contributed by atoms with Crippen LogP contribution < -0.4 is 15.6 Å². The van der Waals surface area contributed by atoms with Crippen molar-refractivity contribution in [3.8, 4) is 5.75 Å². The molecule has 2 amide bonds. The predicted molar refractivity (Wildman–Crippen MR) is 118 cm³/mol. The molecule has 1 unspecified atom stereocenters. The van der Waals surface area contributed by atoms with Gasteiger partial charge in [0.1, 0.15) is 28.8 Å². The van der Waals surface area contributed by atoms with Gasteiger partial charge in [-0.2, -0.15) is 0 Å². The smallest absolute Gasteiger partial charge is 0.279 e. The van der Waals surface area contributed by atoms with Gasteiger partial charge in [0.15, 0.2) is 16.3 Å². The topological polar surface area (TPSA) is 115 Å². The number of nitrogens with zero attached hydrogens (tertiary/aromatic N) is 2. The van der Waals surface area contributed by atoms with E-state index in [1.165, 1.54) is 9.47 Å². The number of amides is 2. The zero-order valence-electron chi connectivity index (χ0n) is 17.8. The van der Waals surface area contributed by atoms with Crippen molar-refractivity contribution in [2.75, 3.05) is 17.2 Å². The molecule has 2 aromatic carbocycles. The summed E-state index contributed by atoms with van der Waals surface area (Å²) in [7, 11) is 0. The second-order valence-electron chi connectivity index (χ2n) is 8.06. The van der Waals surface area contributed by atoms with E-state index in [4.69, 9.17) is 0 Å². The van der Waals surface area contributed by atoms with E-state index >= 15 is 0 Å². The number of nitrogens with one attached hydrogen (secondary N) is 1. The van der Waals surface area contributed by atoms with Crippen LogP contribution in [0.4, 0.5) is 18.9 Å². The van der Waals surface area contributed by atoms with E-state index in [1.807, 2.05) is 0 Å². The molecule has 12 heteroatoms. The lowest BCUT2D eigenvalue weighted by Crippen LogP contribution is -2.45. The quantitative estimate of drug-likeness (QED) is 0.532. The normalized spacial score (nSPS) is 18.5. The number of para-hydroxylation sites is 1. The van der Waals surface area contributed by atoms with Crippen LogP contribution in [0.3, 0.4) is 0 Å². The third kappa shape index (κ3) is 3.74. The molecular weight excluding hydrogens is 487 g/mol. The van der Waals surface area contributed by atoms with Crippen molar-refractivity contribution in [1.29, 1.82) is 0 Å². The van der Waals surface area contributed by atoms with Gasteiger partial charge in [-0.25, -0.2) is 13.2 Å². The molecule has 2 aliphatic heterocycles. The second-order valence-corrected chi connectivity index (χ2v) is 9.52. The number of hydrogen-bond donors (Lipinski definition) is 2. The molecule has 3 heterocycles. The first-order chi connectivity index (χ1) is 16.7. The largest absolute Gasteiger partial charge is 0.611 e. The van der Waals surface area contributed by atoms with Gasteiger partial charge in [-0.05, 0) is 23.3 Å². The van der Waals surface area contributed by atoms with Crippen LogP contribution in [0.25, 0.3) is 0 Å². The lowest BCUT2D eigenvalue weighted by molar-refractivity contribution is 0.0930. The van der Waals surface area contributed by atoms with E-state index in [2.05, 4.69) is 5.32 Å². The standard InChI is InChI=1S/C23H16F3N3O5S/c24-11-5-15(25)13(16(26)6-11)7-27-22(32)14-9-28-12-8-29(23(33)19(28)21(31)20(14)30)17-3-1-2-4-18(17)35(34)10-12/h1-6,9,12,31H,7-8,10H2,(H,27,32)/t12-,35?/m1/s1. The number of aromatic hydroxyl groups is 1. The second kappa shape index (κ2) is 8.47. The number of benzene rings is 2. The third-order valence-electron chi connectivity index (χ3n) is 5.97. The Hall–Kier alpha value is -3.77. The Morgan fingerprint density at radius 3 is 2.57 bits per heavy atom. The van der Waals surface area contributed by atoms with Crippen LogP contribution in [0.5, 0.6) is 5.75 Å². The van der Waals surface area contributed by atoms with E-state index in [0.717, 1.165) is 6.20 Å². The summed E-state index contributed by atoms with van der Waals surface area (Å²) in [5.74, 6) is -6.28. The highest BCUT2D eigenvalue weighted by atomic mass is 32.2. The van der Waals surface area contributed by atoms with E-state index in [1.54, 1.807) is 24.3 Å². The molecule has 1 aromatic heterocycles. The highest BCUT2D eigenvalue weighted by molar-refractivity contribution is 7.91. The molecule has 8 nitrogen and oxygen atoms in total. The van der Waals surface area contributed by atoms with E-state index in [9.17, 15) is 37.2 Å². The molecule has 180 valence electrons. The molecule has 2 aliphatic rings. The molecule has 0 spiro atoms. The Kier molecular flexibility index (Phi) is 5.56. The number of fused-ring (bicyclic) bond motifs is 6. The summed E-state index contributed by atoms with van der Waals surface area (Å²) in [6.07, 6.45) is 1.07. The van der Waals surface area contributed by atoms with Crippen molar-refractivity contribution in [2.24, 2.45) is 0 Å². The third-order valence-corrected chi connectivity index (χ3v) is 7.49. The Balaban J connectivity index is 1.52. The van der Waals surface area contributed by atoms with Gasteiger partial charge in [-0.3, -0.25) is 14.4 Å². The molecule has 0 saturated carbocycles. The fourth-order valence-electron chi connectivity index (χ4n) is 4.27. The predicted octanol–water partition coefficient (Wildman–Crippen LogP) is 2.22. The highest BCUT2D eigenvalue weighted by Crippen LogP contribution is 2.38. The number of rotatable bonds is 3. The first kappa shape index (κ1) is 23.0. The van der Waals surface area contributed by atoms with Crippen molar-refractivity contribution in [1.82, 2.24) is 9.88 Å². The molecule has 5 rings (SSSR count).